The van der Waals surface area contributed by atoms with E-state index in [-0.39, 0.29) is 11.9 Å². The molecule has 1 aromatic carbocycles. The fourth-order valence-corrected chi connectivity index (χ4v) is 2.41. The molecule has 0 saturated heterocycles. The van der Waals surface area contributed by atoms with Crippen molar-refractivity contribution >= 4 is 5.91 Å². The third-order valence-electron chi connectivity index (χ3n) is 3.61. The van der Waals surface area contributed by atoms with Crippen LogP contribution in [0.4, 0.5) is 0 Å². The van der Waals surface area contributed by atoms with Crippen molar-refractivity contribution in [3.63, 3.8) is 0 Å². The van der Waals surface area contributed by atoms with Crippen LogP contribution < -0.4 is 15.8 Å². The van der Waals surface area contributed by atoms with Gasteiger partial charge in [-0.15, -0.1) is 0 Å². The Morgan fingerprint density at radius 3 is 2.90 bits per heavy atom. The first-order valence-corrected chi connectivity index (χ1v) is 7.30. The van der Waals surface area contributed by atoms with Gasteiger partial charge in [-0.2, -0.15) is 0 Å². The first kappa shape index (κ1) is 14.9. The Bertz CT molecular complexity index is 485. The van der Waals surface area contributed by atoms with E-state index in [4.69, 9.17) is 10.5 Å². The van der Waals surface area contributed by atoms with Crippen LogP contribution in [0.25, 0.3) is 0 Å². The van der Waals surface area contributed by atoms with Crippen LogP contribution in [0.3, 0.4) is 0 Å². The molecule has 2 atom stereocenters. The molecule has 0 aliphatic heterocycles. The molecule has 1 aliphatic carbocycles. The number of fused-ring (bicyclic) bond motifs is 1. The van der Waals surface area contributed by atoms with E-state index in [1.807, 2.05) is 18.2 Å². The van der Waals surface area contributed by atoms with Crippen LogP contribution in [0.1, 0.15) is 44.4 Å². The number of nitrogens with one attached hydrogen (secondary N) is 1. The second-order valence-electron chi connectivity index (χ2n) is 5.90. The van der Waals surface area contributed by atoms with Gasteiger partial charge in [0.1, 0.15) is 5.75 Å². The van der Waals surface area contributed by atoms with Gasteiger partial charge in [-0.1, -0.05) is 19.9 Å². The van der Waals surface area contributed by atoms with Crippen LogP contribution in [0.5, 0.6) is 5.75 Å². The molecule has 1 aliphatic rings. The van der Waals surface area contributed by atoms with Gasteiger partial charge in [0, 0.05) is 12.6 Å². The maximum Gasteiger partial charge on any atom is 0.260 e. The Morgan fingerprint density at radius 1 is 1.45 bits per heavy atom. The number of carbonyl (C=O) groups is 1. The highest BCUT2D eigenvalue weighted by molar-refractivity contribution is 5.80. The number of hydrogen-bond acceptors (Lipinski definition) is 3. The molecule has 1 unspecified atom stereocenters. The lowest BCUT2D eigenvalue weighted by Crippen LogP contribution is -2.38. The Kier molecular flexibility index (Phi) is 4.65. The van der Waals surface area contributed by atoms with Gasteiger partial charge in [-0.25, -0.2) is 0 Å². The summed E-state index contributed by atoms with van der Waals surface area (Å²) in [5.74, 6) is 1.11. The second-order valence-corrected chi connectivity index (χ2v) is 5.90. The average molecular weight is 276 g/mol. The zero-order valence-electron chi connectivity index (χ0n) is 12.5. The molecular formula is C16H24N2O2. The van der Waals surface area contributed by atoms with Crippen LogP contribution in [0.15, 0.2) is 18.2 Å². The molecule has 0 bridgehead atoms. The first-order valence-electron chi connectivity index (χ1n) is 7.30. The SMILES string of the molecule is CC(C)CNC(=O)C(C)Oc1ccc2c(c1)CC[C@H]2N. The monoisotopic (exact) mass is 276 g/mol. The molecule has 20 heavy (non-hydrogen) atoms. The normalized spacial score (nSPS) is 18.8. The number of carbonyl (C=O) groups excluding carboxylic acids is 1. The van der Waals surface area contributed by atoms with Gasteiger partial charge in [-0.05, 0) is 48.9 Å². The molecule has 0 spiro atoms. The highest BCUT2D eigenvalue weighted by Crippen LogP contribution is 2.32. The molecule has 0 fully saturated rings. The van der Waals surface area contributed by atoms with E-state index >= 15 is 0 Å². The summed E-state index contributed by atoms with van der Waals surface area (Å²) in [4.78, 5) is 11.9. The van der Waals surface area contributed by atoms with Crippen molar-refractivity contribution < 1.29 is 9.53 Å². The van der Waals surface area contributed by atoms with Crippen molar-refractivity contribution in [3.05, 3.63) is 29.3 Å². The first-order chi connectivity index (χ1) is 9.47. The summed E-state index contributed by atoms with van der Waals surface area (Å²) < 4.78 is 5.72. The summed E-state index contributed by atoms with van der Waals surface area (Å²) in [5.41, 5.74) is 8.45. The van der Waals surface area contributed by atoms with Gasteiger partial charge < -0.3 is 15.8 Å². The Hall–Kier alpha value is -1.55. The van der Waals surface area contributed by atoms with Crippen LogP contribution in [0.2, 0.25) is 0 Å². The zero-order valence-corrected chi connectivity index (χ0v) is 12.5. The number of benzene rings is 1. The summed E-state index contributed by atoms with van der Waals surface area (Å²) in [5, 5.41) is 2.88. The predicted octanol–water partition coefficient (Wildman–Crippen LogP) is 2.17. The summed E-state index contributed by atoms with van der Waals surface area (Å²) in [6, 6.07) is 6.07. The molecule has 1 aromatic rings. The molecule has 2 rings (SSSR count). The third kappa shape index (κ3) is 3.51. The van der Waals surface area contributed by atoms with Crippen LogP contribution in [-0.2, 0) is 11.2 Å². The maximum absolute atomic E-state index is 11.9. The molecule has 0 saturated carbocycles. The van der Waals surface area contributed by atoms with E-state index in [9.17, 15) is 4.79 Å². The number of ether oxygens (including phenoxy) is 1. The summed E-state index contributed by atoms with van der Waals surface area (Å²) in [6.45, 7) is 6.57. The number of rotatable bonds is 5. The minimum atomic E-state index is -0.484. The zero-order chi connectivity index (χ0) is 14.7. The number of amides is 1. The van der Waals surface area contributed by atoms with E-state index in [2.05, 4.69) is 19.2 Å². The number of hydrogen-bond donors (Lipinski definition) is 2. The number of nitrogens with two attached hydrogens (primary N) is 1. The summed E-state index contributed by atoms with van der Waals surface area (Å²) >= 11 is 0. The maximum atomic E-state index is 11.9. The molecule has 4 heteroatoms. The van der Waals surface area contributed by atoms with Crippen LogP contribution >= 0.6 is 0 Å². The minimum absolute atomic E-state index is 0.0732. The van der Waals surface area contributed by atoms with E-state index in [0.29, 0.717) is 12.5 Å². The predicted molar refractivity (Wildman–Crippen MR) is 79.6 cm³/mol. The fourth-order valence-electron chi connectivity index (χ4n) is 2.41. The topological polar surface area (TPSA) is 64.3 Å². The Morgan fingerprint density at radius 2 is 2.20 bits per heavy atom. The van der Waals surface area contributed by atoms with Gasteiger partial charge in [-0.3, -0.25) is 4.79 Å². The summed E-state index contributed by atoms with van der Waals surface area (Å²) in [7, 11) is 0. The van der Waals surface area contributed by atoms with Gasteiger partial charge in [0.05, 0.1) is 0 Å². The number of aryl methyl sites for hydroxylation is 1. The van der Waals surface area contributed by atoms with Crippen molar-refractivity contribution in [1.29, 1.82) is 0 Å². The van der Waals surface area contributed by atoms with Gasteiger partial charge in [0.2, 0.25) is 0 Å². The quantitative estimate of drug-likeness (QED) is 0.866. The molecule has 4 nitrogen and oxygen atoms in total. The highest BCUT2D eigenvalue weighted by atomic mass is 16.5. The van der Waals surface area contributed by atoms with Crippen molar-refractivity contribution in [3.8, 4) is 5.75 Å². The molecule has 3 N–H and O–H groups in total. The van der Waals surface area contributed by atoms with Crippen molar-refractivity contribution in [2.45, 2.75) is 45.8 Å². The average Bonchev–Trinajstić information content (AvgIpc) is 2.77. The molecule has 1 amide bonds. The minimum Gasteiger partial charge on any atom is -0.481 e. The molecule has 0 heterocycles. The molecular weight excluding hydrogens is 252 g/mol. The van der Waals surface area contributed by atoms with Gasteiger partial charge >= 0.3 is 0 Å². The van der Waals surface area contributed by atoms with Crippen molar-refractivity contribution in [1.82, 2.24) is 5.32 Å². The molecule has 0 radical (unpaired) electrons. The van der Waals surface area contributed by atoms with Crippen LogP contribution in [-0.4, -0.2) is 18.6 Å². The lowest BCUT2D eigenvalue weighted by Gasteiger charge is -2.16. The third-order valence-corrected chi connectivity index (χ3v) is 3.61. The van der Waals surface area contributed by atoms with E-state index in [1.165, 1.54) is 11.1 Å². The van der Waals surface area contributed by atoms with Crippen molar-refractivity contribution in [2.75, 3.05) is 6.54 Å². The van der Waals surface area contributed by atoms with E-state index < -0.39 is 6.10 Å². The van der Waals surface area contributed by atoms with Crippen LogP contribution in [0, 0.1) is 5.92 Å². The fraction of sp³-hybridized carbons (Fsp3) is 0.562. The Balaban J connectivity index is 1.95. The lowest BCUT2D eigenvalue weighted by atomic mass is 10.1. The largest absolute Gasteiger partial charge is 0.481 e. The van der Waals surface area contributed by atoms with E-state index in [0.717, 1.165) is 18.6 Å². The molecule has 110 valence electrons. The van der Waals surface area contributed by atoms with Gasteiger partial charge in [0.25, 0.3) is 5.91 Å². The second kappa shape index (κ2) is 6.27. The Labute approximate surface area is 120 Å². The van der Waals surface area contributed by atoms with E-state index in [1.54, 1.807) is 6.92 Å². The highest BCUT2D eigenvalue weighted by Gasteiger charge is 2.20. The summed E-state index contributed by atoms with van der Waals surface area (Å²) in [6.07, 6.45) is 1.49. The lowest BCUT2D eigenvalue weighted by molar-refractivity contribution is -0.127. The van der Waals surface area contributed by atoms with Crippen molar-refractivity contribution in [2.24, 2.45) is 11.7 Å². The smallest absolute Gasteiger partial charge is 0.260 e. The van der Waals surface area contributed by atoms with Gasteiger partial charge in [0.15, 0.2) is 6.10 Å². The standard InChI is InChI=1S/C16H24N2O2/c1-10(2)9-18-16(19)11(3)20-13-5-6-14-12(8-13)4-7-15(14)17/h5-6,8,10-11,15H,4,7,9,17H2,1-3H3,(H,18,19)/t11?,15-/m1/s1. The molecule has 0 aromatic heterocycles.